The van der Waals surface area contributed by atoms with Crippen LogP contribution >= 0.6 is 0 Å². The highest BCUT2D eigenvalue weighted by Gasteiger charge is 2.33. The summed E-state index contributed by atoms with van der Waals surface area (Å²) in [5, 5.41) is 18.6. The van der Waals surface area contributed by atoms with Gasteiger partial charge in [-0.2, -0.15) is 0 Å². The number of nitrogens with one attached hydrogen (secondary N) is 1. The van der Waals surface area contributed by atoms with Gasteiger partial charge in [0.1, 0.15) is 0 Å². The summed E-state index contributed by atoms with van der Waals surface area (Å²) >= 11 is 0. The van der Waals surface area contributed by atoms with Crippen molar-refractivity contribution < 1.29 is 14.7 Å². The number of aromatic carboxylic acids is 1. The normalized spacial score (nSPS) is 16.3. The van der Waals surface area contributed by atoms with Crippen molar-refractivity contribution in [3.8, 4) is 12.3 Å². The van der Waals surface area contributed by atoms with Crippen molar-refractivity contribution in [3.05, 3.63) is 11.9 Å². The molecular weight excluding hydrogens is 250 g/mol. The number of amides is 2. The second kappa shape index (κ2) is 4.97. The van der Waals surface area contributed by atoms with Crippen molar-refractivity contribution in [1.29, 1.82) is 0 Å². The number of carbonyl (C=O) groups excluding carboxylic acids is 1. The number of urea groups is 1. The second-order valence-corrected chi connectivity index (χ2v) is 4.29. The van der Waals surface area contributed by atoms with E-state index in [0.29, 0.717) is 13.1 Å². The lowest BCUT2D eigenvalue weighted by molar-refractivity contribution is 0.0690. The summed E-state index contributed by atoms with van der Waals surface area (Å²) < 4.78 is 1.46. The van der Waals surface area contributed by atoms with E-state index in [4.69, 9.17) is 11.5 Å². The number of carboxylic acid groups (broad SMARTS) is 1. The van der Waals surface area contributed by atoms with E-state index in [0.717, 1.165) is 0 Å². The Kier molecular flexibility index (Phi) is 3.37. The van der Waals surface area contributed by atoms with Gasteiger partial charge in [0.2, 0.25) is 0 Å². The average Bonchev–Trinajstić information content (AvgIpc) is 2.76. The van der Waals surface area contributed by atoms with Crippen molar-refractivity contribution in [2.24, 2.45) is 0 Å². The van der Waals surface area contributed by atoms with Gasteiger partial charge in [0, 0.05) is 13.1 Å². The van der Waals surface area contributed by atoms with Crippen LogP contribution in [-0.4, -0.2) is 56.1 Å². The number of hydrogen-bond acceptors (Lipinski definition) is 4. The van der Waals surface area contributed by atoms with Crippen LogP contribution < -0.4 is 5.32 Å². The number of aromatic nitrogens is 3. The third-order valence-electron chi connectivity index (χ3n) is 2.84. The van der Waals surface area contributed by atoms with Gasteiger partial charge in [0.25, 0.3) is 0 Å². The quantitative estimate of drug-likeness (QED) is 0.720. The third-order valence-corrected chi connectivity index (χ3v) is 2.84. The Hall–Kier alpha value is -2.56. The van der Waals surface area contributed by atoms with Gasteiger partial charge in [-0.1, -0.05) is 11.1 Å². The fraction of sp³-hybridized carbons (Fsp3) is 0.455. The molecule has 1 aliphatic heterocycles. The van der Waals surface area contributed by atoms with Crippen LogP contribution in [0.2, 0.25) is 0 Å². The van der Waals surface area contributed by atoms with Crippen LogP contribution in [0.25, 0.3) is 0 Å². The molecule has 0 saturated carbocycles. The standard InChI is InChI=1S/C11H13N5O3/c1-3-7(2)12-11(19)15-4-8(5-15)16-6-9(10(17)18)13-14-16/h1,6-8H,4-5H2,2H3,(H,12,19)(H,17,18). The van der Waals surface area contributed by atoms with Crippen LogP contribution in [0.15, 0.2) is 6.20 Å². The molecule has 100 valence electrons. The lowest BCUT2D eigenvalue weighted by Crippen LogP contribution is -2.55. The molecule has 0 aromatic carbocycles. The van der Waals surface area contributed by atoms with Gasteiger partial charge in [0.05, 0.1) is 18.3 Å². The Morgan fingerprint density at radius 3 is 2.84 bits per heavy atom. The highest BCUT2D eigenvalue weighted by Crippen LogP contribution is 2.20. The fourth-order valence-corrected chi connectivity index (χ4v) is 1.66. The molecule has 19 heavy (non-hydrogen) atoms. The van der Waals surface area contributed by atoms with Gasteiger partial charge in [-0.25, -0.2) is 14.3 Å². The number of likely N-dealkylation sites (tertiary alicyclic amines) is 1. The van der Waals surface area contributed by atoms with Crippen LogP contribution in [0, 0.1) is 12.3 Å². The first kappa shape index (κ1) is 12.9. The molecule has 1 aromatic rings. The Balaban J connectivity index is 1.87. The maximum atomic E-state index is 11.7. The molecule has 2 N–H and O–H groups in total. The molecule has 1 saturated heterocycles. The smallest absolute Gasteiger partial charge is 0.358 e. The summed E-state index contributed by atoms with van der Waals surface area (Å²) in [4.78, 5) is 23.9. The van der Waals surface area contributed by atoms with Gasteiger partial charge < -0.3 is 15.3 Å². The van der Waals surface area contributed by atoms with E-state index in [9.17, 15) is 9.59 Å². The minimum absolute atomic E-state index is 0.0486. The predicted octanol–water partition coefficient (Wildman–Crippen LogP) is -0.436. The van der Waals surface area contributed by atoms with Crippen molar-refractivity contribution in [3.63, 3.8) is 0 Å². The van der Waals surface area contributed by atoms with Crippen molar-refractivity contribution in [2.75, 3.05) is 13.1 Å². The van der Waals surface area contributed by atoms with Crippen LogP contribution in [0.1, 0.15) is 23.5 Å². The number of terminal acetylenes is 1. The van der Waals surface area contributed by atoms with E-state index in [1.807, 2.05) is 0 Å². The zero-order valence-corrected chi connectivity index (χ0v) is 10.3. The summed E-state index contributed by atoms with van der Waals surface area (Å²) in [5.41, 5.74) is -0.108. The molecule has 8 heteroatoms. The largest absolute Gasteiger partial charge is 0.476 e. The minimum atomic E-state index is -1.12. The van der Waals surface area contributed by atoms with E-state index < -0.39 is 5.97 Å². The third kappa shape index (κ3) is 2.65. The van der Waals surface area contributed by atoms with Crippen LogP contribution in [-0.2, 0) is 0 Å². The summed E-state index contributed by atoms with van der Waals surface area (Å²) in [5.74, 6) is 1.28. The lowest BCUT2D eigenvalue weighted by Gasteiger charge is -2.38. The van der Waals surface area contributed by atoms with Gasteiger partial charge in [-0.3, -0.25) is 0 Å². The van der Waals surface area contributed by atoms with E-state index in [1.54, 1.807) is 11.8 Å². The van der Waals surface area contributed by atoms with Crippen molar-refractivity contribution in [2.45, 2.75) is 19.0 Å². The Labute approximate surface area is 109 Å². The molecule has 2 heterocycles. The topological polar surface area (TPSA) is 100 Å². The first-order valence-electron chi connectivity index (χ1n) is 5.68. The zero-order chi connectivity index (χ0) is 14.0. The highest BCUT2D eigenvalue weighted by atomic mass is 16.4. The maximum Gasteiger partial charge on any atom is 0.358 e. The number of carboxylic acids is 1. The minimum Gasteiger partial charge on any atom is -0.476 e. The second-order valence-electron chi connectivity index (χ2n) is 4.29. The maximum absolute atomic E-state index is 11.7. The van der Waals surface area contributed by atoms with Crippen LogP contribution in [0.4, 0.5) is 4.79 Å². The molecule has 1 atom stereocenters. The molecular formula is C11H13N5O3. The Morgan fingerprint density at radius 1 is 1.63 bits per heavy atom. The predicted molar refractivity (Wildman–Crippen MR) is 64.4 cm³/mol. The highest BCUT2D eigenvalue weighted by molar-refractivity contribution is 5.84. The van der Waals surface area contributed by atoms with Crippen molar-refractivity contribution >= 4 is 12.0 Å². The van der Waals surface area contributed by atoms with Gasteiger partial charge >= 0.3 is 12.0 Å². The summed E-state index contributed by atoms with van der Waals surface area (Å²) in [6.07, 6.45) is 6.52. The van der Waals surface area contributed by atoms with E-state index in [1.165, 1.54) is 10.9 Å². The zero-order valence-electron chi connectivity index (χ0n) is 10.3. The molecule has 0 bridgehead atoms. The summed E-state index contributed by atoms with van der Waals surface area (Å²) in [6.45, 7) is 2.61. The SMILES string of the molecule is C#CC(C)NC(=O)N1CC(n2cc(C(=O)O)nn2)C1. The van der Waals surface area contributed by atoms with E-state index in [-0.39, 0.29) is 23.8 Å². The Morgan fingerprint density at radius 2 is 2.32 bits per heavy atom. The molecule has 8 nitrogen and oxygen atoms in total. The average molecular weight is 263 g/mol. The molecule has 1 aliphatic rings. The molecule has 0 aliphatic carbocycles. The summed E-state index contributed by atoms with van der Waals surface area (Å²) in [7, 11) is 0. The lowest BCUT2D eigenvalue weighted by atomic mass is 10.1. The van der Waals surface area contributed by atoms with E-state index in [2.05, 4.69) is 21.5 Å². The number of rotatable bonds is 3. The molecule has 2 rings (SSSR count). The number of nitrogens with zero attached hydrogens (tertiary/aromatic N) is 4. The number of carbonyl (C=O) groups is 2. The number of hydrogen-bond donors (Lipinski definition) is 2. The first-order chi connectivity index (χ1) is 9.01. The first-order valence-corrected chi connectivity index (χ1v) is 5.68. The van der Waals surface area contributed by atoms with Crippen LogP contribution in [0.3, 0.4) is 0 Å². The molecule has 0 radical (unpaired) electrons. The monoisotopic (exact) mass is 263 g/mol. The molecule has 1 unspecified atom stereocenters. The molecule has 1 aromatic heterocycles. The van der Waals surface area contributed by atoms with E-state index >= 15 is 0 Å². The van der Waals surface area contributed by atoms with Gasteiger partial charge in [-0.05, 0) is 6.92 Å². The summed E-state index contributed by atoms with van der Waals surface area (Å²) in [6, 6.07) is -0.607. The van der Waals surface area contributed by atoms with Crippen LogP contribution in [0.5, 0.6) is 0 Å². The Bertz CT molecular complexity index is 541. The fourth-order valence-electron chi connectivity index (χ4n) is 1.66. The molecule has 2 amide bonds. The van der Waals surface area contributed by atoms with Crippen molar-refractivity contribution in [1.82, 2.24) is 25.2 Å². The van der Waals surface area contributed by atoms with Gasteiger partial charge in [0.15, 0.2) is 5.69 Å². The molecule has 0 spiro atoms. The molecule has 1 fully saturated rings. The van der Waals surface area contributed by atoms with Gasteiger partial charge in [-0.15, -0.1) is 11.5 Å².